The molecular formula is C15H20N2O3. The lowest BCUT2D eigenvalue weighted by Gasteiger charge is -2.14. The first kappa shape index (κ1) is 14.4. The molecule has 2 rings (SSSR count). The fourth-order valence-corrected chi connectivity index (χ4v) is 2.52. The predicted molar refractivity (Wildman–Crippen MR) is 77.0 cm³/mol. The Hall–Kier alpha value is -2.04. The Morgan fingerprint density at radius 1 is 1.30 bits per heavy atom. The van der Waals surface area contributed by atoms with Gasteiger partial charge >= 0.3 is 12.0 Å². The molecule has 0 aromatic heterocycles. The Balaban J connectivity index is 1.95. The third-order valence-corrected chi connectivity index (χ3v) is 3.54. The van der Waals surface area contributed by atoms with Crippen molar-refractivity contribution in [1.29, 1.82) is 0 Å². The summed E-state index contributed by atoms with van der Waals surface area (Å²) in [7, 11) is 0. The number of hydrogen-bond acceptors (Lipinski definition) is 2. The Morgan fingerprint density at radius 3 is 2.75 bits per heavy atom. The van der Waals surface area contributed by atoms with Gasteiger partial charge in [-0.3, -0.25) is 0 Å². The van der Waals surface area contributed by atoms with Crippen LogP contribution in [-0.2, 0) is 17.6 Å². The van der Waals surface area contributed by atoms with E-state index in [1.54, 1.807) is 0 Å². The second-order valence-electron chi connectivity index (χ2n) is 5.12. The fraction of sp³-hybridized carbons (Fsp3) is 0.467. The topological polar surface area (TPSA) is 78.4 Å². The number of fused-ring (bicyclic) bond motifs is 1. The first-order valence-corrected chi connectivity index (χ1v) is 7.02. The van der Waals surface area contributed by atoms with E-state index in [9.17, 15) is 9.59 Å². The summed E-state index contributed by atoms with van der Waals surface area (Å²) in [5.41, 5.74) is 3.32. The predicted octanol–water partition coefficient (Wildman–Crippen LogP) is 2.55. The molecular weight excluding hydrogens is 256 g/mol. The average Bonchev–Trinajstić information content (AvgIpc) is 2.85. The monoisotopic (exact) mass is 276 g/mol. The van der Waals surface area contributed by atoms with Gasteiger partial charge in [-0.25, -0.2) is 9.59 Å². The molecule has 1 aromatic carbocycles. The number of hydrogen-bond donors (Lipinski definition) is 3. The highest BCUT2D eigenvalue weighted by atomic mass is 16.4. The zero-order chi connectivity index (χ0) is 14.5. The summed E-state index contributed by atoms with van der Waals surface area (Å²) < 4.78 is 0. The number of benzene rings is 1. The standard InChI is InChI=1S/C15H20N2O3/c1-2-4-13(14(18)19)17-15(20)16-12-8-7-10-5-3-6-11(10)9-12/h7-9,13H,2-6H2,1H3,(H,18,19)(H2,16,17,20)/t13-/m0/s1. The molecule has 0 saturated heterocycles. The first-order chi connectivity index (χ1) is 9.60. The third-order valence-electron chi connectivity index (χ3n) is 3.54. The number of carbonyl (C=O) groups excluding carboxylic acids is 1. The average molecular weight is 276 g/mol. The Labute approximate surface area is 118 Å². The van der Waals surface area contributed by atoms with Gasteiger partial charge in [0, 0.05) is 5.69 Å². The van der Waals surface area contributed by atoms with Gasteiger partial charge < -0.3 is 15.7 Å². The molecule has 0 bridgehead atoms. The largest absolute Gasteiger partial charge is 0.480 e. The maximum Gasteiger partial charge on any atom is 0.326 e. The lowest BCUT2D eigenvalue weighted by atomic mass is 10.1. The van der Waals surface area contributed by atoms with E-state index >= 15 is 0 Å². The summed E-state index contributed by atoms with van der Waals surface area (Å²) >= 11 is 0. The molecule has 2 amide bonds. The molecule has 1 aliphatic rings. The Kier molecular flexibility index (Phi) is 4.61. The molecule has 5 nitrogen and oxygen atoms in total. The summed E-state index contributed by atoms with van der Waals surface area (Å²) in [6, 6.07) is 4.55. The zero-order valence-corrected chi connectivity index (χ0v) is 11.6. The van der Waals surface area contributed by atoms with Gasteiger partial charge in [-0.05, 0) is 48.9 Å². The minimum absolute atomic E-state index is 0.424. The molecule has 3 N–H and O–H groups in total. The highest BCUT2D eigenvalue weighted by molar-refractivity contribution is 5.92. The van der Waals surface area contributed by atoms with Crippen LogP contribution in [0, 0.1) is 0 Å². The number of nitrogens with one attached hydrogen (secondary N) is 2. The van der Waals surface area contributed by atoms with Crippen LogP contribution in [0.5, 0.6) is 0 Å². The number of carbonyl (C=O) groups is 2. The van der Waals surface area contributed by atoms with Crippen molar-refractivity contribution >= 4 is 17.7 Å². The highest BCUT2D eigenvalue weighted by Crippen LogP contribution is 2.24. The molecule has 1 aliphatic carbocycles. The Bertz CT molecular complexity index is 514. The number of rotatable bonds is 5. The molecule has 0 radical (unpaired) electrons. The number of urea groups is 1. The number of carboxylic acids is 1. The van der Waals surface area contributed by atoms with Gasteiger partial charge in [-0.1, -0.05) is 19.4 Å². The van der Waals surface area contributed by atoms with Crippen molar-refractivity contribution in [3.63, 3.8) is 0 Å². The molecule has 0 unspecified atom stereocenters. The van der Waals surface area contributed by atoms with Crippen LogP contribution < -0.4 is 10.6 Å². The van der Waals surface area contributed by atoms with Crippen molar-refractivity contribution in [1.82, 2.24) is 5.32 Å². The zero-order valence-electron chi connectivity index (χ0n) is 11.6. The van der Waals surface area contributed by atoms with Crippen LogP contribution in [-0.4, -0.2) is 23.1 Å². The van der Waals surface area contributed by atoms with Gasteiger partial charge in [-0.2, -0.15) is 0 Å². The van der Waals surface area contributed by atoms with Crippen molar-refractivity contribution < 1.29 is 14.7 Å². The van der Waals surface area contributed by atoms with Crippen LogP contribution in [0.1, 0.15) is 37.3 Å². The highest BCUT2D eigenvalue weighted by Gasteiger charge is 2.19. The minimum Gasteiger partial charge on any atom is -0.480 e. The quantitative estimate of drug-likeness (QED) is 0.773. The van der Waals surface area contributed by atoms with Gasteiger partial charge in [0.2, 0.25) is 0 Å². The van der Waals surface area contributed by atoms with Crippen LogP contribution in [0.4, 0.5) is 10.5 Å². The molecule has 108 valence electrons. The van der Waals surface area contributed by atoms with Crippen LogP contribution in [0.15, 0.2) is 18.2 Å². The van der Waals surface area contributed by atoms with E-state index in [-0.39, 0.29) is 0 Å². The molecule has 5 heteroatoms. The molecule has 1 atom stereocenters. The molecule has 1 aromatic rings. The van der Waals surface area contributed by atoms with E-state index in [0.29, 0.717) is 18.5 Å². The van der Waals surface area contributed by atoms with Gasteiger partial charge in [0.05, 0.1) is 0 Å². The van der Waals surface area contributed by atoms with E-state index < -0.39 is 18.0 Å². The maximum atomic E-state index is 11.8. The number of aliphatic carboxylic acids is 1. The molecule has 0 saturated carbocycles. The van der Waals surface area contributed by atoms with E-state index in [0.717, 1.165) is 19.3 Å². The molecule has 0 fully saturated rings. The number of aryl methyl sites for hydroxylation is 2. The van der Waals surface area contributed by atoms with Crippen molar-refractivity contribution in [2.75, 3.05) is 5.32 Å². The van der Waals surface area contributed by atoms with Crippen LogP contribution in [0.3, 0.4) is 0 Å². The van der Waals surface area contributed by atoms with Crippen molar-refractivity contribution in [2.24, 2.45) is 0 Å². The van der Waals surface area contributed by atoms with Gasteiger partial charge in [0.25, 0.3) is 0 Å². The lowest BCUT2D eigenvalue weighted by Crippen LogP contribution is -2.42. The Morgan fingerprint density at radius 2 is 2.05 bits per heavy atom. The minimum atomic E-state index is -1.00. The summed E-state index contributed by atoms with van der Waals surface area (Å²) in [5.74, 6) is -1.00. The number of anilines is 1. The summed E-state index contributed by atoms with van der Waals surface area (Å²) in [4.78, 5) is 22.8. The third kappa shape index (κ3) is 3.50. The summed E-state index contributed by atoms with van der Waals surface area (Å²) in [5, 5.41) is 14.2. The second kappa shape index (κ2) is 6.41. The maximum absolute atomic E-state index is 11.8. The van der Waals surface area contributed by atoms with E-state index in [1.165, 1.54) is 11.1 Å². The van der Waals surface area contributed by atoms with Crippen LogP contribution >= 0.6 is 0 Å². The SMILES string of the molecule is CCC[C@H](NC(=O)Nc1ccc2c(c1)CCC2)C(=O)O. The van der Waals surface area contributed by atoms with Gasteiger partial charge in [0.1, 0.15) is 6.04 Å². The second-order valence-corrected chi connectivity index (χ2v) is 5.12. The summed E-state index contributed by atoms with van der Waals surface area (Å²) in [6.07, 6.45) is 4.42. The van der Waals surface area contributed by atoms with Crippen molar-refractivity contribution in [3.05, 3.63) is 29.3 Å². The van der Waals surface area contributed by atoms with E-state index in [4.69, 9.17) is 5.11 Å². The smallest absolute Gasteiger partial charge is 0.326 e. The van der Waals surface area contributed by atoms with Crippen LogP contribution in [0.2, 0.25) is 0 Å². The van der Waals surface area contributed by atoms with Gasteiger partial charge in [0.15, 0.2) is 0 Å². The van der Waals surface area contributed by atoms with Crippen LogP contribution in [0.25, 0.3) is 0 Å². The van der Waals surface area contributed by atoms with Gasteiger partial charge in [-0.15, -0.1) is 0 Å². The molecule has 0 heterocycles. The lowest BCUT2D eigenvalue weighted by molar-refractivity contribution is -0.139. The van der Waals surface area contributed by atoms with Crippen molar-refractivity contribution in [3.8, 4) is 0 Å². The van der Waals surface area contributed by atoms with E-state index in [1.807, 2.05) is 25.1 Å². The molecule has 20 heavy (non-hydrogen) atoms. The van der Waals surface area contributed by atoms with E-state index in [2.05, 4.69) is 10.6 Å². The molecule has 0 aliphatic heterocycles. The molecule has 0 spiro atoms. The van der Waals surface area contributed by atoms with Crippen molar-refractivity contribution in [2.45, 2.75) is 45.1 Å². The normalized spacial score (nSPS) is 14.4. The fourth-order valence-electron chi connectivity index (χ4n) is 2.52. The number of carboxylic acid groups (broad SMARTS) is 1. The first-order valence-electron chi connectivity index (χ1n) is 7.02. The number of amides is 2. The summed E-state index contributed by atoms with van der Waals surface area (Å²) in [6.45, 7) is 1.88.